The summed E-state index contributed by atoms with van der Waals surface area (Å²) in [5.74, 6) is -2.21. The van der Waals surface area contributed by atoms with E-state index in [9.17, 15) is 30.0 Å². The molecule has 6 N–H and O–H groups in total. The third-order valence-corrected chi connectivity index (χ3v) is 4.11. The number of aliphatic hydroxyl groups excluding tert-OH is 2. The van der Waals surface area contributed by atoms with Gasteiger partial charge in [-0.05, 0) is 26.7 Å². The zero-order chi connectivity index (χ0) is 24.8. The molecule has 10 nitrogen and oxygen atoms in total. The minimum Gasteiger partial charge on any atom is -0.548 e. The third kappa shape index (κ3) is 27.6. The van der Waals surface area contributed by atoms with E-state index in [0.717, 1.165) is 12.8 Å². The maximum absolute atomic E-state index is 10.3. The van der Waals surface area contributed by atoms with Gasteiger partial charge in [-0.15, -0.1) is 0 Å². The van der Waals surface area contributed by atoms with Crippen LogP contribution in [-0.4, -0.2) is 123 Å². The van der Waals surface area contributed by atoms with Gasteiger partial charge >= 0.3 is 37.7 Å². The number of carboxylic acids is 2. The molecule has 0 saturated heterocycles. The largest absolute Gasteiger partial charge is 2.00 e. The van der Waals surface area contributed by atoms with E-state index in [1.54, 1.807) is 12.2 Å². The van der Waals surface area contributed by atoms with Crippen LogP contribution in [-0.2, 0) is 9.59 Å². The van der Waals surface area contributed by atoms with Crippen LogP contribution in [0.1, 0.15) is 40.5 Å². The Balaban J connectivity index is -0.000000529. The fourth-order valence-corrected chi connectivity index (χ4v) is 2.14. The van der Waals surface area contributed by atoms with Crippen molar-refractivity contribution in [1.29, 1.82) is 0 Å². The predicted molar refractivity (Wildman–Crippen MR) is 127 cm³/mol. The number of carbonyl (C=O) groups is 2. The van der Waals surface area contributed by atoms with Gasteiger partial charge in [0.05, 0.1) is 24.1 Å². The molecule has 188 valence electrons. The number of allylic oxidation sites excluding steroid dienone is 2. The summed E-state index contributed by atoms with van der Waals surface area (Å²) in [6.45, 7) is 10.3. The van der Waals surface area contributed by atoms with Crippen molar-refractivity contribution in [2.45, 2.75) is 64.8 Å². The van der Waals surface area contributed by atoms with Crippen molar-refractivity contribution in [3.63, 3.8) is 0 Å². The number of nitrogens with one attached hydrogen (secondary N) is 4. The van der Waals surface area contributed by atoms with Crippen molar-refractivity contribution >= 4 is 49.7 Å². The first-order valence-corrected chi connectivity index (χ1v) is 11.1. The van der Waals surface area contributed by atoms with Gasteiger partial charge in [0, 0.05) is 51.4 Å². The molecular formula is C22H42CaN4O6. The fraction of sp³-hybridized carbons (Fsp3) is 0.727. The minimum atomic E-state index is -1.11. The summed E-state index contributed by atoms with van der Waals surface area (Å²) in [7, 11) is 0. The molecule has 33 heavy (non-hydrogen) atoms. The standard InChI is InChI=1S/2C11H22N2O3.Ca/c2*1-3-4-5-10(14)8-12-6-7-13-9(2)11(15)16;/h2*4-5,9-10,12-14H,3,6-8H2,1-2H3,(H,15,16);/q;;+2/p-2/b2*5-4+;. The van der Waals surface area contributed by atoms with Gasteiger partial charge in [0.1, 0.15) is 0 Å². The third-order valence-electron chi connectivity index (χ3n) is 4.11. The molecule has 0 radical (unpaired) electrons. The van der Waals surface area contributed by atoms with Crippen LogP contribution in [0.3, 0.4) is 0 Å². The molecule has 11 heteroatoms. The van der Waals surface area contributed by atoms with Gasteiger partial charge in [-0.3, -0.25) is 0 Å². The molecule has 0 aromatic rings. The molecule has 0 aliphatic carbocycles. The zero-order valence-electron chi connectivity index (χ0n) is 20.5. The van der Waals surface area contributed by atoms with Crippen LogP contribution in [0.2, 0.25) is 0 Å². The number of hydrogen-bond acceptors (Lipinski definition) is 10. The summed E-state index contributed by atoms with van der Waals surface area (Å²) >= 11 is 0. The molecule has 0 aromatic carbocycles. The normalized spacial score (nSPS) is 14.7. The van der Waals surface area contributed by atoms with E-state index in [1.807, 2.05) is 26.0 Å². The first-order valence-electron chi connectivity index (χ1n) is 11.1. The Morgan fingerprint density at radius 1 is 0.758 bits per heavy atom. The average molecular weight is 499 g/mol. The van der Waals surface area contributed by atoms with Crippen LogP contribution in [0.5, 0.6) is 0 Å². The molecule has 0 rings (SSSR count). The molecule has 0 heterocycles. The summed E-state index contributed by atoms with van der Waals surface area (Å²) < 4.78 is 0. The second-order valence-corrected chi connectivity index (χ2v) is 7.21. The Morgan fingerprint density at radius 3 is 1.36 bits per heavy atom. The molecular weight excluding hydrogens is 456 g/mol. The van der Waals surface area contributed by atoms with Gasteiger partial charge in [0.2, 0.25) is 0 Å². The second-order valence-electron chi connectivity index (χ2n) is 7.21. The number of aliphatic carboxylic acids is 2. The molecule has 0 fully saturated rings. The van der Waals surface area contributed by atoms with Crippen LogP contribution in [0.25, 0.3) is 0 Å². The number of carboxylic acid groups (broad SMARTS) is 2. The number of hydrogen-bond donors (Lipinski definition) is 6. The van der Waals surface area contributed by atoms with Gasteiger partial charge in [0.25, 0.3) is 0 Å². The number of carbonyl (C=O) groups excluding carboxylic acids is 2. The quantitative estimate of drug-likeness (QED) is 0.0646. The van der Waals surface area contributed by atoms with Crippen molar-refractivity contribution in [2.75, 3.05) is 39.3 Å². The Morgan fingerprint density at radius 2 is 1.09 bits per heavy atom. The fourth-order valence-electron chi connectivity index (χ4n) is 2.14. The minimum absolute atomic E-state index is 0. The van der Waals surface area contributed by atoms with Crippen LogP contribution in [0.15, 0.2) is 24.3 Å². The molecule has 0 bridgehead atoms. The van der Waals surface area contributed by atoms with E-state index in [-0.39, 0.29) is 37.7 Å². The van der Waals surface area contributed by atoms with Crippen molar-refractivity contribution in [1.82, 2.24) is 21.3 Å². The van der Waals surface area contributed by atoms with Crippen LogP contribution >= 0.6 is 0 Å². The van der Waals surface area contributed by atoms with Gasteiger partial charge in [0.15, 0.2) is 0 Å². The van der Waals surface area contributed by atoms with E-state index >= 15 is 0 Å². The molecule has 0 aliphatic rings. The van der Waals surface area contributed by atoms with Crippen LogP contribution in [0, 0.1) is 0 Å². The van der Waals surface area contributed by atoms with Gasteiger partial charge in [-0.2, -0.15) is 0 Å². The topological polar surface area (TPSA) is 169 Å². The molecule has 4 unspecified atom stereocenters. The van der Waals surface area contributed by atoms with E-state index in [1.165, 1.54) is 13.8 Å². The zero-order valence-corrected chi connectivity index (χ0v) is 22.7. The molecule has 0 spiro atoms. The summed E-state index contributed by atoms with van der Waals surface area (Å²) in [6, 6.07) is -1.29. The van der Waals surface area contributed by atoms with Gasteiger partial charge in [-0.25, -0.2) is 0 Å². The molecule has 0 aromatic heterocycles. The second kappa shape index (κ2) is 26.1. The summed E-state index contributed by atoms with van der Waals surface area (Å²) in [5, 5.41) is 51.1. The summed E-state index contributed by atoms with van der Waals surface area (Å²) in [4.78, 5) is 20.7. The molecule has 0 amide bonds. The Kier molecular flexibility index (Phi) is 29.2. The monoisotopic (exact) mass is 498 g/mol. The SMILES string of the molecule is CC/C=C/C(O)CNCCNC(C)C(=O)[O-].CC/C=C/C(O)CNCCNC(C)C(=O)[O-].[Ca+2]. The van der Waals surface area contributed by atoms with E-state index < -0.39 is 36.2 Å². The van der Waals surface area contributed by atoms with Crippen molar-refractivity contribution in [3.8, 4) is 0 Å². The Bertz CT molecular complexity index is 491. The van der Waals surface area contributed by atoms with Gasteiger partial charge in [-0.1, -0.05) is 38.2 Å². The molecule has 0 aliphatic heterocycles. The Labute approximate surface area is 228 Å². The first kappa shape index (κ1) is 37.0. The molecule has 4 atom stereocenters. The van der Waals surface area contributed by atoms with Crippen LogP contribution < -0.4 is 31.5 Å². The predicted octanol–water partition coefficient (Wildman–Crippen LogP) is -3.12. The smallest absolute Gasteiger partial charge is 0.548 e. The first-order chi connectivity index (χ1) is 15.1. The summed E-state index contributed by atoms with van der Waals surface area (Å²) in [6.07, 6.45) is 8.13. The molecule has 0 saturated carbocycles. The van der Waals surface area contributed by atoms with Gasteiger partial charge < -0.3 is 51.3 Å². The van der Waals surface area contributed by atoms with Crippen molar-refractivity contribution in [2.24, 2.45) is 0 Å². The van der Waals surface area contributed by atoms with E-state index in [4.69, 9.17) is 0 Å². The van der Waals surface area contributed by atoms with Crippen LogP contribution in [0.4, 0.5) is 0 Å². The van der Waals surface area contributed by atoms with Crippen molar-refractivity contribution in [3.05, 3.63) is 24.3 Å². The number of rotatable bonds is 18. The Hall–Kier alpha value is -0.560. The maximum atomic E-state index is 10.3. The van der Waals surface area contributed by atoms with Crippen molar-refractivity contribution < 1.29 is 30.0 Å². The average Bonchev–Trinajstić information content (AvgIpc) is 2.75. The summed E-state index contributed by atoms with van der Waals surface area (Å²) in [5.41, 5.74) is 0. The number of aliphatic hydroxyl groups is 2. The maximum Gasteiger partial charge on any atom is 2.00 e. The van der Waals surface area contributed by atoms with E-state index in [0.29, 0.717) is 39.3 Å². The van der Waals surface area contributed by atoms with E-state index in [2.05, 4.69) is 21.3 Å².